The number of benzene rings is 2. The molecule has 1 aliphatic rings. The van der Waals surface area contributed by atoms with Crippen molar-refractivity contribution in [2.45, 2.75) is 51.1 Å². The molecule has 0 saturated carbocycles. The van der Waals surface area contributed by atoms with Crippen LogP contribution in [0.2, 0.25) is 0 Å². The number of hydrogen-bond acceptors (Lipinski definition) is 12. The summed E-state index contributed by atoms with van der Waals surface area (Å²) in [7, 11) is -4.36. The molecule has 2 heterocycles. The van der Waals surface area contributed by atoms with E-state index in [4.69, 9.17) is 29.8 Å². The molecule has 2 aromatic carbocycles. The summed E-state index contributed by atoms with van der Waals surface area (Å²) in [6, 6.07) is 13.4. The molecule has 1 fully saturated rings. The minimum atomic E-state index is -4.36. The molecule has 6 atom stereocenters. The lowest BCUT2D eigenvalue weighted by molar-refractivity contribution is -0.151. The number of hydrogen-bond donors (Lipinski definition) is 3. The van der Waals surface area contributed by atoms with Crippen molar-refractivity contribution in [2.24, 2.45) is 11.0 Å². The number of nitrogen functional groups attached to an aromatic ring is 1. The molecule has 0 bridgehead atoms. The van der Waals surface area contributed by atoms with Gasteiger partial charge < -0.3 is 24.8 Å². The summed E-state index contributed by atoms with van der Waals surface area (Å²) >= 11 is 0. The maximum absolute atomic E-state index is 15.7. The third-order valence-corrected chi connectivity index (χ3v) is 8.39. The Morgan fingerprint density at radius 1 is 1.29 bits per heavy atom. The molecule has 0 aliphatic carbocycles. The third kappa shape index (κ3) is 6.56. The highest BCUT2D eigenvalue weighted by Crippen LogP contribution is 2.53. The number of aromatic nitrogens is 2. The molecule has 0 spiro atoms. The Balaban J connectivity index is 1.68. The van der Waals surface area contributed by atoms with Gasteiger partial charge in [0.25, 0.3) is 0 Å². The van der Waals surface area contributed by atoms with E-state index in [-0.39, 0.29) is 11.6 Å². The standard InChI is InChI=1S/C26H30FN6O8P/c1-15(2)39-24(35)16(3)13-42(37,41-19-10-6-8-17-7-4-5-9-18(17)19)38-14-26(31-32-29)22(27)21(34)23(40-26)33-12-11-20(28)30-25(33)36/h4-12,15-16,21-23,29,34H,13-14H2,1-3H3,(H-,28,30,36)/p+1/t16-,21-,22+,23-,26-,42?/m1/s1. The number of nitrogens with zero attached hydrogens (tertiary/aromatic N) is 4. The number of halogens is 1. The van der Waals surface area contributed by atoms with Crippen molar-refractivity contribution in [1.82, 2.24) is 14.5 Å². The number of anilines is 1. The smallest absolute Gasteiger partial charge is 0.380 e. The molecule has 42 heavy (non-hydrogen) atoms. The number of aliphatic hydroxyl groups is 1. The van der Waals surface area contributed by atoms with Crippen LogP contribution in [0.25, 0.3) is 10.8 Å². The monoisotopic (exact) mass is 605 g/mol. The maximum Gasteiger partial charge on any atom is 0.380 e. The van der Waals surface area contributed by atoms with Gasteiger partial charge in [-0.3, -0.25) is 13.9 Å². The number of alkyl halides is 1. The minimum absolute atomic E-state index is 0.113. The SMILES string of the molecule is CC(C)OC(=O)[C@H](C)CP(=O)(OC[C@@]1(N=[N+]=N)O[C@@H](n2ccc(N)nc2=O)[C@H](O)[C@@H]1F)Oc1cccc2ccccc12. The van der Waals surface area contributed by atoms with Crippen molar-refractivity contribution in [2.75, 3.05) is 18.5 Å². The number of nitrogens with two attached hydrogens (primary N) is 1. The molecule has 14 nitrogen and oxygen atoms in total. The quantitative estimate of drug-likeness (QED) is 0.126. The van der Waals surface area contributed by atoms with E-state index in [9.17, 15) is 19.3 Å². The van der Waals surface area contributed by atoms with Crippen molar-refractivity contribution >= 4 is 30.2 Å². The lowest BCUT2D eigenvalue weighted by Gasteiger charge is -2.26. The summed E-state index contributed by atoms with van der Waals surface area (Å²) < 4.78 is 53.2. The van der Waals surface area contributed by atoms with Gasteiger partial charge in [0.05, 0.1) is 18.2 Å². The largest absolute Gasteiger partial charge is 0.463 e. The molecule has 3 aromatic rings. The van der Waals surface area contributed by atoms with E-state index in [1.807, 2.05) is 18.2 Å². The third-order valence-electron chi connectivity index (χ3n) is 6.40. The van der Waals surface area contributed by atoms with Crippen LogP contribution < -0.4 is 20.9 Å². The average Bonchev–Trinajstić information content (AvgIpc) is 3.17. The van der Waals surface area contributed by atoms with Gasteiger partial charge in [-0.05, 0) is 31.4 Å². The number of carbonyl (C=O) groups excluding carboxylic acids is 1. The van der Waals surface area contributed by atoms with Crippen LogP contribution >= 0.6 is 7.60 Å². The lowest BCUT2D eigenvalue weighted by atomic mass is 10.1. The fourth-order valence-electron chi connectivity index (χ4n) is 4.39. The summed E-state index contributed by atoms with van der Waals surface area (Å²) in [5, 5.41) is 15.5. The van der Waals surface area contributed by atoms with Gasteiger partial charge in [0.1, 0.15) is 29.8 Å². The van der Waals surface area contributed by atoms with E-state index in [0.717, 1.165) is 16.2 Å². The molecule has 4 rings (SSSR count). The fourth-order valence-corrected chi connectivity index (χ4v) is 6.29. The topological polar surface area (TPSA) is 203 Å². The van der Waals surface area contributed by atoms with E-state index < -0.39 is 68.3 Å². The van der Waals surface area contributed by atoms with Crippen molar-refractivity contribution in [1.29, 1.82) is 5.53 Å². The molecular formula is C26H31FN6O8P+. The first-order chi connectivity index (χ1) is 19.9. The van der Waals surface area contributed by atoms with Crippen molar-refractivity contribution < 1.29 is 37.4 Å². The molecule has 224 valence electrons. The number of aliphatic hydroxyl groups excluding tert-OH is 1. The van der Waals surface area contributed by atoms with E-state index >= 15 is 4.39 Å². The van der Waals surface area contributed by atoms with Crippen LogP contribution in [0.5, 0.6) is 5.75 Å². The minimum Gasteiger partial charge on any atom is -0.463 e. The first kappa shape index (κ1) is 30.9. The number of fused-ring (bicyclic) bond motifs is 1. The Labute approximate surface area is 239 Å². The zero-order valence-corrected chi connectivity index (χ0v) is 23.9. The van der Waals surface area contributed by atoms with Gasteiger partial charge in [-0.1, -0.05) is 43.3 Å². The number of ether oxygens (including phenoxy) is 2. The Morgan fingerprint density at radius 2 is 2.00 bits per heavy atom. The van der Waals surface area contributed by atoms with E-state index in [0.29, 0.717) is 5.39 Å². The van der Waals surface area contributed by atoms with Gasteiger partial charge in [0, 0.05) is 11.6 Å². The highest BCUT2D eigenvalue weighted by molar-refractivity contribution is 7.54. The first-order valence-corrected chi connectivity index (χ1v) is 14.7. The van der Waals surface area contributed by atoms with Crippen LogP contribution in [0.4, 0.5) is 10.2 Å². The van der Waals surface area contributed by atoms with Gasteiger partial charge in [0.2, 0.25) is 4.91 Å². The highest BCUT2D eigenvalue weighted by atomic mass is 31.2. The second-order valence-electron chi connectivity index (χ2n) is 10.0. The summed E-state index contributed by atoms with van der Waals surface area (Å²) in [6.07, 6.45) is -5.87. The predicted molar refractivity (Wildman–Crippen MR) is 147 cm³/mol. The summed E-state index contributed by atoms with van der Waals surface area (Å²) in [6.45, 7) is 3.81. The van der Waals surface area contributed by atoms with Crippen LogP contribution in [0.3, 0.4) is 0 Å². The van der Waals surface area contributed by atoms with Gasteiger partial charge in [0.15, 0.2) is 17.5 Å². The second kappa shape index (κ2) is 12.5. The molecule has 1 unspecified atom stereocenters. The van der Waals surface area contributed by atoms with E-state index in [1.54, 1.807) is 38.1 Å². The first-order valence-electron chi connectivity index (χ1n) is 12.9. The fraction of sp³-hybridized carbons (Fsp3) is 0.423. The molecule has 0 amide bonds. The maximum atomic E-state index is 15.7. The van der Waals surface area contributed by atoms with E-state index in [1.165, 1.54) is 13.0 Å². The molecule has 1 aromatic heterocycles. The zero-order chi connectivity index (χ0) is 30.7. The molecule has 1 aliphatic heterocycles. The number of nitrogens with one attached hydrogen (secondary N) is 1. The Kier molecular flexibility index (Phi) is 9.19. The summed E-state index contributed by atoms with van der Waals surface area (Å²) in [4.78, 5) is 31.4. The van der Waals surface area contributed by atoms with Crippen LogP contribution in [-0.4, -0.2) is 57.5 Å². The number of carbonyl (C=O) groups is 1. The Bertz CT molecular complexity index is 1610. The van der Waals surface area contributed by atoms with Crippen molar-refractivity contribution in [3.8, 4) is 5.75 Å². The van der Waals surface area contributed by atoms with Crippen LogP contribution in [0, 0.1) is 11.4 Å². The Hall–Kier alpha value is -4.00. The van der Waals surface area contributed by atoms with Gasteiger partial charge in [-0.25, -0.2) is 13.8 Å². The van der Waals surface area contributed by atoms with Crippen molar-refractivity contribution in [3.05, 3.63) is 65.2 Å². The molecule has 16 heteroatoms. The van der Waals surface area contributed by atoms with Gasteiger partial charge in [-0.15, -0.1) is 0 Å². The predicted octanol–water partition coefficient (Wildman–Crippen LogP) is 3.33. The normalized spacial score (nSPS) is 24.1. The van der Waals surface area contributed by atoms with Gasteiger partial charge >= 0.3 is 25.0 Å². The number of rotatable bonds is 11. The lowest BCUT2D eigenvalue weighted by Crippen LogP contribution is -2.43. The summed E-state index contributed by atoms with van der Waals surface area (Å²) in [5.41, 5.74) is 9.28. The second-order valence-corrected chi connectivity index (χ2v) is 12.0. The van der Waals surface area contributed by atoms with Gasteiger partial charge in [-0.2, -0.15) is 4.98 Å². The highest BCUT2D eigenvalue weighted by Gasteiger charge is 2.62. The van der Waals surface area contributed by atoms with Crippen LogP contribution in [0.1, 0.15) is 27.0 Å². The summed E-state index contributed by atoms with van der Waals surface area (Å²) in [5.74, 6) is -1.59. The van der Waals surface area contributed by atoms with E-state index in [2.05, 4.69) is 15.0 Å². The number of esters is 1. The van der Waals surface area contributed by atoms with Crippen LogP contribution in [0.15, 0.2) is 64.6 Å². The molecule has 1 saturated heterocycles. The molecule has 4 N–H and O–H groups in total. The van der Waals surface area contributed by atoms with Crippen LogP contribution in [-0.2, 0) is 23.4 Å². The zero-order valence-electron chi connectivity index (χ0n) is 23.0. The molecule has 0 radical (unpaired) electrons. The average molecular weight is 606 g/mol. The molecular weight excluding hydrogens is 574 g/mol. The van der Waals surface area contributed by atoms with Crippen molar-refractivity contribution in [3.63, 3.8) is 0 Å². The Morgan fingerprint density at radius 3 is 2.69 bits per heavy atom.